The average molecular weight is 575 g/mol. The van der Waals surface area contributed by atoms with Crippen molar-refractivity contribution in [2.45, 2.75) is 116 Å². The van der Waals surface area contributed by atoms with Crippen LogP contribution in [-0.2, 0) is 20.7 Å². The highest BCUT2D eigenvalue weighted by atomic mass is 16.6. The van der Waals surface area contributed by atoms with E-state index in [2.05, 4.69) is 29.8 Å². The van der Waals surface area contributed by atoms with Gasteiger partial charge in [-0.15, -0.1) is 0 Å². The monoisotopic (exact) mass is 574 g/mol. The van der Waals surface area contributed by atoms with Crippen LogP contribution in [0.5, 0.6) is 0 Å². The molecule has 2 rings (SSSR count). The molecule has 1 aliphatic rings. The van der Waals surface area contributed by atoms with Crippen molar-refractivity contribution in [3.8, 4) is 0 Å². The fourth-order valence-corrected chi connectivity index (χ4v) is 5.61. The predicted octanol–water partition coefficient (Wildman–Crippen LogP) is 4.07. The van der Waals surface area contributed by atoms with E-state index in [0.717, 1.165) is 24.8 Å². The average Bonchev–Trinajstić information content (AvgIpc) is 2.90. The van der Waals surface area contributed by atoms with Crippen LogP contribution in [0.4, 0.5) is 4.79 Å². The van der Waals surface area contributed by atoms with Crippen molar-refractivity contribution in [2.75, 3.05) is 13.1 Å². The zero-order chi connectivity index (χ0) is 30.4. The number of benzene rings is 1. The molecule has 6 N–H and O–H groups in total. The lowest BCUT2D eigenvalue weighted by atomic mass is 9.81. The number of carbonyl (C=O) groups is 3. The zero-order valence-corrected chi connectivity index (χ0v) is 25.8. The lowest BCUT2D eigenvalue weighted by Crippen LogP contribution is -2.53. The molecular formula is C32H54N4O5. The van der Waals surface area contributed by atoms with Crippen molar-refractivity contribution in [1.82, 2.24) is 16.0 Å². The molecule has 232 valence electrons. The maximum Gasteiger partial charge on any atom is 0.408 e. The topological polar surface area (TPSA) is 143 Å². The number of nitrogens with two attached hydrogens (primary N) is 1. The molecule has 1 saturated carbocycles. The molecule has 0 bridgehead atoms. The molecule has 0 radical (unpaired) electrons. The Balaban J connectivity index is 2.04. The maximum absolute atomic E-state index is 13.2. The van der Waals surface area contributed by atoms with Gasteiger partial charge in [0.2, 0.25) is 11.8 Å². The van der Waals surface area contributed by atoms with Crippen LogP contribution < -0.4 is 21.7 Å². The molecule has 1 aromatic rings. The Hall–Kier alpha value is -2.65. The molecule has 0 aliphatic heterocycles. The number of alkyl carbamates (subject to hydrolysis) is 1. The van der Waals surface area contributed by atoms with Gasteiger partial charge in [-0.05, 0) is 69.9 Å². The summed E-state index contributed by atoms with van der Waals surface area (Å²) in [6, 6.07) is 8.00. The Bertz CT molecular complexity index is 928. The first-order valence-electron chi connectivity index (χ1n) is 15.3. The van der Waals surface area contributed by atoms with Gasteiger partial charge in [-0.2, -0.15) is 0 Å². The predicted molar refractivity (Wildman–Crippen MR) is 162 cm³/mol. The van der Waals surface area contributed by atoms with Crippen LogP contribution >= 0.6 is 0 Å². The van der Waals surface area contributed by atoms with Crippen LogP contribution in [0.3, 0.4) is 0 Å². The molecule has 3 amide bonds. The van der Waals surface area contributed by atoms with Gasteiger partial charge in [-0.3, -0.25) is 9.59 Å². The number of amides is 3. The van der Waals surface area contributed by atoms with E-state index in [-0.39, 0.29) is 24.8 Å². The Morgan fingerprint density at radius 2 is 1.68 bits per heavy atom. The van der Waals surface area contributed by atoms with E-state index < -0.39 is 35.8 Å². The largest absolute Gasteiger partial charge is 0.444 e. The SMILES string of the molecule is CC(C)C[C@H](CN)C[C@H](O)[C@H](CC1CCCCC1)NC(=O)CNC(=O)[C@H](Cc1ccccc1)NC(=O)OC(C)(C)C. The van der Waals surface area contributed by atoms with Crippen molar-refractivity contribution in [2.24, 2.45) is 23.5 Å². The van der Waals surface area contributed by atoms with Gasteiger partial charge in [0, 0.05) is 6.42 Å². The van der Waals surface area contributed by atoms with Gasteiger partial charge in [0.25, 0.3) is 0 Å². The third kappa shape index (κ3) is 14.2. The number of aliphatic hydroxyl groups excluding tert-OH is 1. The van der Waals surface area contributed by atoms with Crippen molar-refractivity contribution in [3.05, 3.63) is 35.9 Å². The van der Waals surface area contributed by atoms with Gasteiger partial charge in [0.05, 0.1) is 18.7 Å². The van der Waals surface area contributed by atoms with E-state index in [1.165, 1.54) is 19.3 Å². The van der Waals surface area contributed by atoms with E-state index in [0.29, 0.717) is 31.2 Å². The minimum atomic E-state index is -0.926. The van der Waals surface area contributed by atoms with E-state index in [1.54, 1.807) is 20.8 Å². The summed E-state index contributed by atoms with van der Waals surface area (Å²) >= 11 is 0. The summed E-state index contributed by atoms with van der Waals surface area (Å²) in [5, 5.41) is 19.5. The maximum atomic E-state index is 13.2. The first kappa shape index (κ1) is 34.6. The molecule has 1 aromatic carbocycles. The molecular weight excluding hydrogens is 520 g/mol. The number of ether oxygens (including phenoxy) is 1. The summed E-state index contributed by atoms with van der Waals surface area (Å²) < 4.78 is 5.35. The molecule has 1 fully saturated rings. The Kier molecular flexibility index (Phi) is 14.6. The molecule has 0 saturated heterocycles. The number of hydrogen-bond donors (Lipinski definition) is 5. The lowest BCUT2D eigenvalue weighted by Gasteiger charge is -2.32. The molecule has 0 heterocycles. The normalized spacial score (nSPS) is 17.3. The molecule has 9 heteroatoms. The van der Waals surface area contributed by atoms with Crippen molar-refractivity contribution < 1.29 is 24.2 Å². The summed E-state index contributed by atoms with van der Waals surface area (Å²) in [6.45, 7) is 9.76. The fourth-order valence-electron chi connectivity index (χ4n) is 5.61. The molecule has 0 aromatic heterocycles. The molecule has 41 heavy (non-hydrogen) atoms. The van der Waals surface area contributed by atoms with Gasteiger partial charge in [-0.1, -0.05) is 76.3 Å². The first-order valence-corrected chi connectivity index (χ1v) is 15.3. The van der Waals surface area contributed by atoms with Crippen LogP contribution in [0, 0.1) is 17.8 Å². The van der Waals surface area contributed by atoms with Gasteiger partial charge in [0.1, 0.15) is 11.6 Å². The third-order valence-corrected chi connectivity index (χ3v) is 7.55. The summed E-state index contributed by atoms with van der Waals surface area (Å²) in [7, 11) is 0. The minimum absolute atomic E-state index is 0.174. The fraction of sp³-hybridized carbons (Fsp3) is 0.719. The second kappa shape index (κ2) is 17.3. The number of aliphatic hydroxyl groups is 1. The number of nitrogens with one attached hydrogen (secondary N) is 3. The number of hydrogen-bond acceptors (Lipinski definition) is 6. The summed E-state index contributed by atoms with van der Waals surface area (Å²) in [6.07, 6.45) is 6.73. The van der Waals surface area contributed by atoms with Gasteiger partial charge < -0.3 is 31.5 Å². The van der Waals surface area contributed by atoms with Crippen LogP contribution in [0.15, 0.2) is 30.3 Å². The lowest BCUT2D eigenvalue weighted by molar-refractivity contribution is -0.128. The standard InChI is InChI=1S/C32H54N4O5/c1-22(2)16-25(20-33)19-28(37)26(17-23-12-8-6-9-13-23)35-29(38)21-34-30(39)27(18-24-14-10-7-11-15-24)36-31(40)41-32(3,4)5/h7,10-11,14-15,22-23,25-28,37H,6,8-9,12-13,16-21,33H2,1-5H3,(H,34,39)(H,35,38)(H,36,40)/t25-,26-,27-,28-/m0/s1. The van der Waals surface area contributed by atoms with E-state index in [9.17, 15) is 19.5 Å². The van der Waals surface area contributed by atoms with Gasteiger partial charge >= 0.3 is 6.09 Å². The molecule has 4 atom stereocenters. The second-order valence-corrected chi connectivity index (χ2v) is 13.1. The summed E-state index contributed by atoms with van der Waals surface area (Å²) in [4.78, 5) is 38.7. The highest BCUT2D eigenvalue weighted by Crippen LogP contribution is 2.29. The molecule has 9 nitrogen and oxygen atoms in total. The zero-order valence-electron chi connectivity index (χ0n) is 25.8. The highest BCUT2D eigenvalue weighted by molar-refractivity contribution is 5.89. The van der Waals surface area contributed by atoms with E-state index in [1.807, 2.05) is 30.3 Å². The van der Waals surface area contributed by atoms with Crippen LogP contribution in [-0.4, -0.2) is 59.9 Å². The van der Waals surface area contributed by atoms with Crippen molar-refractivity contribution in [1.29, 1.82) is 0 Å². The molecule has 0 unspecified atom stereocenters. The quantitative estimate of drug-likeness (QED) is 0.214. The Morgan fingerprint density at radius 1 is 1.02 bits per heavy atom. The van der Waals surface area contributed by atoms with E-state index in [4.69, 9.17) is 10.5 Å². The van der Waals surface area contributed by atoms with Gasteiger partial charge in [0.15, 0.2) is 0 Å². The van der Waals surface area contributed by atoms with Crippen molar-refractivity contribution >= 4 is 17.9 Å². The van der Waals surface area contributed by atoms with Crippen molar-refractivity contribution in [3.63, 3.8) is 0 Å². The van der Waals surface area contributed by atoms with Gasteiger partial charge in [-0.25, -0.2) is 4.79 Å². The third-order valence-electron chi connectivity index (χ3n) is 7.55. The summed E-state index contributed by atoms with van der Waals surface area (Å²) in [5.41, 5.74) is 6.15. The van der Waals surface area contributed by atoms with E-state index >= 15 is 0 Å². The molecule has 0 spiro atoms. The van der Waals surface area contributed by atoms with Crippen LogP contribution in [0.2, 0.25) is 0 Å². The molecule has 1 aliphatic carbocycles. The van der Waals surface area contributed by atoms with Crippen LogP contribution in [0.1, 0.15) is 91.5 Å². The number of rotatable bonds is 15. The number of carbonyl (C=O) groups excluding carboxylic acids is 3. The summed E-state index contributed by atoms with van der Waals surface area (Å²) in [5.74, 6) is 0.234. The first-order chi connectivity index (χ1) is 19.4. The smallest absolute Gasteiger partial charge is 0.408 e. The van der Waals surface area contributed by atoms with Crippen LogP contribution in [0.25, 0.3) is 0 Å². The second-order valence-electron chi connectivity index (χ2n) is 13.1. The minimum Gasteiger partial charge on any atom is -0.444 e. The highest BCUT2D eigenvalue weighted by Gasteiger charge is 2.29. The Morgan fingerprint density at radius 3 is 2.27 bits per heavy atom. The Labute approximate surface area is 246 Å².